The fraction of sp³-hybridized carbons (Fsp3) is 0.286. The van der Waals surface area contributed by atoms with Crippen LogP contribution < -0.4 is 5.73 Å². The molecule has 0 bridgehead atoms. The number of hydrogen-bond donors (Lipinski definition) is 2. The van der Waals surface area contributed by atoms with E-state index < -0.39 is 21.8 Å². The lowest BCUT2D eigenvalue weighted by Gasteiger charge is -2.00. The number of hydrogen-bond acceptors (Lipinski definition) is 5. The third kappa shape index (κ3) is 2.31. The molecule has 0 aliphatic heterocycles. The highest BCUT2D eigenvalue weighted by molar-refractivity contribution is 7.90. The summed E-state index contributed by atoms with van der Waals surface area (Å²) in [5, 5.41) is 9.96. The quantitative estimate of drug-likeness (QED) is 0.782. The van der Waals surface area contributed by atoms with E-state index in [1.54, 1.807) is 0 Å². The van der Waals surface area contributed by atoms with E-state index in [0.29, 0.717) is 4.88 Å². The molecule has 0 spiro atoms. The van der Waals surface area contributed by atoms with Gasteiger partial charge < -0.3 is 10.8 Å². The molecule has 0 fully saturated rings. The zero-order valence-corrected chi connectivity index (χ0v) is 8.93. The van der Waals surface area contributed by atoms with Gasteiger partial charge in [0.2, 0.25) is 0 Å². The first-order valence-electron chi connectivity index (χ1n) is 3.59. The molecule has 0 aliphatic carbocycles. The molecule has 1 rings (SSSR count). The van der Waals surface area contributed by atoms with Gasteiger partial charge in [-0.25, -0.2) is 8.42 Å². The Balaban J connectivity index is 3.06. The molecule has 0 saturated heterocycles. The van der Waals surface area contributed by atoms with Gasteiger partial charge in [0, 0.05) is 16.5 Å². The summed E-state index contributed by atoms with van der Waals surface area (Å²) in [7, 11) is -3.28. The van der Waals surface area contributed by atoms with Crippen LogP contribution in [-0.4, -0.2) is 25.7 Å². The number of thiophene rings is 1. The molecule has 0 radical (unpaired) electrons. The maximum absolute atomic E-state index is 11.1. The van der Waals surface area contributed by atoms with E-state index in [-0.39, 0.29) is 4.90 Å². The van der Waals surface area contributed by atoms with Crippen LogP contribution in [0.4, 0.5) is 0 Å². The third-order valence-electron chi connectivity index (χ3n) is 1.60. The van der Waals surface area contributed by atoms with Crippen molar-refractivity contribution in [3.05, 3.63) is 16.3 Å². The van der Waals surface area contributed by atoms with Gasteiger partial charge in [0.25, 0.3) is 0 Å². The van der Waals surface area contributed by atoms with Crippen LogP contribution >= 0.6 is 11.3 Å². The first-order chi connectivity index (χ1) is 6.32. The topological polar surface area (TPSA) is 97.5 Å². The summed E-state index contributed by atoms with van der Waals surface area (Å²) < 4.78 is 22.1. The number of rotatable bonds is 3. The zero-order chi connectivity index (χ0) is 10.9. The van der Waals surface area contributed by atoms with Crippen LogP contribution in [0.5, 0.6) is 0 Å². The molecular formula is C7H9NO4S2. The molecule has 1 aromatic rings. The van der Waals surface area contributed by atoms with Gasteiger partial charge in [-0.15, -0.1) is 11.3 Å². The molecule has 7 heteroatoms. The fourth-order valence-corrected chi connectivity index (χ4v) is 2.84. The number of carbonyl (C=O) groups is 1. The maximum Gasteiger partial charge on any atom is 0.325 e. The molecule has 0 aromatic carbocycles. The van der Waals surface area contributed by atoms with Gasteiger partial charge in [0.1, 0.15) is 6.04 Å². The smallest absolute Gasteiger partial charge is 0.325 e. The first-order valence-corrected chi connectivity index (χ1v) is 6.36. The van der Waals surface area contributed by atoms with Crippen molar-refractivity contribution in [2.24, 2.45) is 5.73 Å². The molecule has 1 unspecified atom stereocenters. The van der Waals surface area contributed by atoms with E-state index >= 15 is 0 Å². The highest BCUT2D eigenvalue weighted by Crippen LogP contribution is 2.23. The van der Waals surface area contributed by atoms with Crippen molar-refractivity contribution in [3.63, 3.8) is 0 Å². The minimum Gasteiger partial charge on any atom is -0.480 e. The normalized spacial score (nSPS) is 13.9. The predicted octanol–water partition coefficient (Wildman–Crippen LogP) is 0.236. The Kier molecular flexibility index (Phi) is 2.93. The summed E-state index contributed by atoms with van der Waals surface area (Å²) in [5.74, 6) is -1.17. The monoisotopic (exact) mass is 235 g/mol. The minimum atomic E-state index is -3.28. The van der Waals surface area contributed by atoms with E-state index in [1.807, 2.05) is 0 Å². The molecule has 3 N–H and O–H groups in total. The van der Waals surface area contributed by atoms with E-state index in [1.165, 1.54) is 11.4 Å². The molecular weight excluding hydrogens is 226 g/mol. The predicted molar refractivity (Wildman–Crippen MR) is 52.0 cm³/mol. The van der Waals surface area contributed by atoms with Gasteiger partial charge >= 0.3 is 5.97 Å². The highest BCUT2D eigenvalue weighted by atomic mass is 32.2. The third-order valence-corrected chi connectivity index (χ3v) is 3.85. The average Bonchev–Trinajstić information content (AvgIpc) is 2.49. The lowest BCUT2D eigenvalue weighted by Crippen LogP contribution is -2.19. The second kappa shape index (κ2) is 3.68. The number of carboxylic acid groups (broad SMARTS) is 1. The van der Waals surface area contributed by atoms with Gasteiger partial charge in [-0.1, -0.05) is 0 Å². The van der Waals surface area contributed by atoms with Crippen molar-refractivity contribution >= 4 is 27.1 Å². The molecule has 1 aromatic heterocycles. The molecule has 14 heavy (non-hydrogen) atoms. The highest BCUT2D eigenvalue weighted by Gasteiger charge is 2.19. The Morgan fingerprint density at radius 3 is 2.57 bits per heavy atom. The lowest BCUT2D eigenvalue weighted by atomic mass is 10.3. The molecule has 1 heterocycles. The Labute approximate surface area is 85.1 Å². The van der Waals surface area contributed by atoms with Crippen molar-refractivity contribution in [3.8, 4) is 0 Å². The molecule has 78 valence electrons. The van der Waals surface area contributed by atoms with Gasteiger partial charge in [-0.3, -0.25) is 4.79 Å². The fourth-order valence-electron chi connectivity index (χ4n) is 0.814. The number of nitrogens with two attached hydrogens (primary N) is 1. The molecule has 0 amide bonds. The minimum absolute atomic E-state index is 0.106. The largest absolute Gasteiger partial charge is 0.480 e. The van der Waals surface area contributed by atoms with Crippen LogP contribution in [-0.2, 0) is 14.6 Å². The van der Waals surface area contributed by atoms with Gasteiger partial charge in [-0.2, -0.15) is 0 Å². The molecule has 5 nitrogen and oxygen atoms in total. The van der Waals surface area contributed by atoms with E-state index in [9.17, 15) is 13.2 Å². The van der Waals surface area contributed by atoms with Crippen molar-refractivity contribution in [2.75, 3.05) is 6.26 Å². The summed E-state index contributed by atoms with van der Waals surface area (Å²) in [6.07, 6.45) is 1.06. The summed E-state index contributed by atoms with van der Waals surface area (Å²) in [6, 6.07) is 0.134. The Bertz CT molecular complexity index is 448. The first kappa shape index (κ1) is 11.2. The van der Waals surface area contributed by atoms with Crippen LogP contribution in [0.3, 0.4) is 0 Å². The van der Waals surface area contributed by atoms with Crippen LogP contribution in [0.1, 0.15) is 10.9 Å². The van der Waals surface area contributed by atoms with E-state index in [2.05, 4.69) is 0 Å². The zero-order valence-electron chi connectivity index (χ0n) is 7.30. The summed E-state index contributed by atoms with van der Waals surface area (Å²) in [6.45, 7) is 0. The van der Waals surface area contributed by atoms with Crippen molar-refractivity contribution in [2.45, 2.75) is 10.9 Å². The Morgan fingerprint density at radius 2 is 2.21 bits per heavy atom. The SMILES string of the molecule is CS(=O)(=O)c1csc(C(N)C(=O)O)c1. The number of aliphatic carboxylic acids is 1. The number of carboxylic acids is 1. The molecule has 1 atom stereocenters. The Morgan fingerprint density at radius 1 is 1.64 bits per heavy atom. The van der Waals surface area contributed by atoms with Crippen LogP contribution in [0, 0.1) is 0 Å². The van der Waals surface area contributed by atoms with Crippen LogP contribution in [0.15, 0.2) is 16.3 Å². The molecule has 0 aliphatic rings. The van der Waals surface area contributed by atoms with Gasteiger partial charge in [0.05, 0.1) is 4.90 Å². The second-order valence-corrected chi connectivity index (χ2v) is 5.73. The molecule has 0 saturated carbocycles. The summed E-state index contributed by atoms with van der Waals surface area (Å²) in [5.41, 5.74) is 5.31. The van der Waals surface area contributed by atoms with Gasteiger partial charge in [-0.05, 0) is 6.07 Å². The standard InChI is InChI=1S/C7H9NO4S2/c1-14(11,12)4-2-5(13-3-4)6(8)7(9)10/h2-3,6H,8H2,1H3,(H,9,10). The summed E-state index contributed by atoms with van der Waals surface area (Å²) >= 11 is 1.03. The average molecular weight is 235 g/mol. The van der Waals surface area contributed by atoms with Crippen LogP contribution in [0.25, 0.3) is 0 Å². The lowest BCUT2D eigenvalue weighted by molar-refractivity contribution is -0.138. The Hall–Kier alpha value is -0.920. The van der Waals surface area contributed by atoms with Gasteiger partial charge in [0.15, 0.2) is 9.84 Å². The van der Waals surface area contributed by atoms with E-state index in [0.717, 1.165) is 17.6 Å². The second-order valence-electron chi connectivity index (χ2n) is 2.77. The van der Waals surface area contributed by atoms with E-state index in [4.69, 9.17) is 10.8 Å². The maximum atomic E-state index is 11.1. The van der Waals surface area contributed by atoms with Crippen molar-refractivity contribution in [1.82, 2.24) is 0 Å². The number of sulfone groups is 1. The van der Waals surface area contributed by atoms with Crippen molar-refractivity contribution < 1.29 is 18.3 Å². The van der Waals surface area contributed by atoms with Crippen LogP contribution in [0.2, 0.25) is 0 Å². The van der Waals surface area contributed by atoms with Crippen molar-refractivity contribution in [1.29, 1.82) is 0 Å². The summed E-state index contributed by atoms with van der Waals surface area (Å²) in [4.78, 5) is 10.9.